The molecule has 0 saturated carbocycles. The third kappa shape index (κ3) is 1.52. The van der Waals surface area contributed by atoms with E-state index in [9.17, 15) is 0 Å². The molecule has 1 aliphatic heterocycles. The second-order valence-corrected chi connectivity index (χ2v) is 5.02. The van der Waals surface area contributed by atoms with Crippen molar-refractivity contribution in [2.75, 3.05) is 5.32 Å². The number of aromatic nitrogens is 2. The average molecular weight is 247 g/mol. The molecule has 1 N–H and O–H groups in total. The first-order valence-corrected chi connectivity index (χ1v) is 6.08. The van der Waals surface area contributed by atoms with Gasteiger partial charge in [-0.2, -0.15) is 0 Å². The van der Waals surface area contributed by atoms with Gasteiger partial charge in [0.1, 0.15) is 5.82 Å². The van der Waals surface area contributed by atoms with Crippen molar-refractivity contribution in [3.05, 3.63) is 35.2 Å². The fourth-order valence-corrected chi connectivity index (χ4v) is 2.75. The van der Waals surface area contributed by atoms with Crippen LogP contribution in [0.4, 0.5) is 11.5 Å². The van der Waals surface area contributed by atoms with Crippen molar-refractivity contribution in [2.24, 2.45) is 7.05 Å². The predicted molar refractivity (Wildman–Crippen MR) is 67.9 cm³/mol. The molecule has 2 aromatic rings. The van der Waals surface area contributed by atoms with Crippen molar-refractivity contribution in [3.63, 3.8) is 0 Å². The maximum absolute atomic E-state index is 5.14. The lowest BCUT2D eigenvalue weighted by Gasteiger charge is -2.19. The first-order valence-electron chi connectivity index (χ1n) is 4.85. The summed E-state index contributed by atoms with van der Waals surface area (Å²) in [4.78, 5) is 6.68. The quantitative estimate of drug-likeness (QED) is 0.617. The molecular weight excluding hydrogens is 238 g/mol. The number of aryl methyl sites for hydroxylation is 1. The van der Waals surface area contributed by atoms with Gasteiger partial charge >= 0.3 is 0 Å². The van der Waals surface area contributed by atoms with Gasteiger partial charge in [-0.1, -0.05) is 23.9 Å². The van der Waals surface area contributed by atoms with Gasteiger partial charge in [0.05, 0.1) is 10.6 Å². The van der Waals surface area contributed by atoms with E-state index in [1.165, 1.54) is 4.90 Å². The van der Waals surface area contributed by atoms with Gasteiger partial charge in [0.15, 0.2) is 0 Å². The molecule has 5 heteroatoms. The number of fused-ring (bicyclic) bond motifs is 2. The molecular formula is C11H9N3S2. The van der Waals surface area contributed by atoms with Crippen LogP contribution in [0.5, 0.6) is 0 Å². The van der Waals surface area contributed by atoms with Gasteiger partial charge in [0.2, 0.25) is 4.77 Å². The Morgan fingerprint density at radius 3 is 3.00 bits per heavy atom. The number of hydrogen-bond donors (Lipinski definition) is 1. The molecule has 0 bridgehead atoms. The van der Waals surface area contributed by atoms with E-state index >= 15 is 0 Å². The molecule has 1 aromatic heterocycles. The van der Waals surface area contributed by atoms with Crippen LogP contribution in [0.3, 0.4) is 0 Å². The molecule has 2 heterocycles. The summed E-state index contributed by atoms with van der Waals surface area (Å²) in [6.45, 7) is 0. The van der Waals surface area contributed by atoms with Crippen LogP contribution in [-0.4, -0.2) is 9.55 Å². The normalized spacial score (nSPS) is 12.6. The Bertz CT molecular complexity index is 619. The summed E-state index contributed by atoms with van der Waals surface area (Å²) < 4.78 is 2.45. The zero-order chi connectivity index (χ0) is 11.1. The second-order valence-electron chi connectivity index (χ2n) is 3.57. The Balaban J connectivity index is 2.16. The van der Waals surface area contributed by atoms with Crippen LogP contribution in [0.25, 0.3) is 0 Å². The van der Waals surface area contributed by atoms with Crippen molar-refractivity contribution in [3.8, 4) is 0 Å². The SMILES string of the molecule is Cn1cc2c(nc1=S)Nc1ccccc1S2. The fourth-order valence-electron chi connectivity index (χ4n) is 1.59. The van der Waals surface area contributed by atoms with Crippen molar-refractivity contribution in [2.45, 2.75) is 9.79 Å². The number of anilines is 2. The first-order chi connectivity index (χ1) is 7.74. The molecule has 16 heavy (non-hydrogen) atoms. The van der Waals surface area contributed by atoms with Gasteiger partial charge < -0.3 is 9.88 Å². The number of hydrogen-bond acceptors (Lipinski definition) is 4. The lowest BCUT2D eigenvalue weighted by molar-refractivity contribution is 0.821. The van der Waals surface area contributed by atoms with Crippen LogP contribution in [-0.2, 0) is 7.05 Å². The first kappa shape index (κ1) is 9.86. The lowest BCUT2D eigenvalue weighted by Crippen LogP contribution is -2.06. The minimum absolute atomic E-state index is 0.589. The monoisotopic (exact) mass is 247 g/mol. The molecule has 1 aliphatic rings. The maximum Gasteiger partial charge on any atom is 0.201 e. The van der Waals surface area contributed by atoms with E-state index in [-0.39, 0.29) is 0 Å². The van der Waals surface area contributed by atoms with E-state index in [2.05, 4.69) is 16.4 Å². The minimum atomic E-state index is 0.589. The highest BCUT2D eigenvalue weighted by Gasteiger charge is 2.16. The molecule has 80 valence electrons. The zero-order valence-electron chi connectivity index (χ0n) is 8.60. The van der Waals surface area contributed by atoms with Crippen LogP contribution in [0.2, 0.25) is 0 Å². The van der Waals surface area contributed by atoms with Gasteiger partial charge in [-0.25, -0.2) is 4.98 Å². The summed E-state index contributed by atoms with van der Waals surface area (Å²) in [7, 11) is 1.91. The van der Waals surface area contributed by atoms with E-state index in [4.69, 9.17) is 12.2 Å². The molecule has 0 radical (unpaired) electrons. The number of benzene rings is 1. The summed E-state index contributed by atoms with van der Waals surface area (Å²) in [6.07, 6.45) is 2.01. The molecule has 1 aromatic carbocycles. The molecule has 0 saturated heterocycles. The van der Waals surface area contributed by atoms with Crippen LogP contribution in [0.1, 0.15) is 0 Å². The Kier molecular flexibility index (Phi) is 2.22. The molecule has 0 atom stereocenters. The number of nitrogens with one attached hydrogen (secondary N) is 1. The molecule has 0 unspecified atom stereocenters. The van der Waals surface area contributed by atoms with Crippen LogP contribution in [0, 0.1) is 4.77 Å². The van der Waals surface area contributed by atoms with E-state index in [1.54, 1.807) is 11.8 Å². The summed E-state index contributed by atoms with van der Waals surface area (Å²) >= 11 is 6.85. The topological polar surface area (TPSA) is 29.9 Å². The van der Waals surface area contributed by atoms with Crippen molar-refractivity contribution in [1.82, 2.24) is 9.55 Å². The highest BCUT2D eigenvalue weighted by atomic mass is 32.2. The van der Waals surface area contributed by atoms with Crippen molar-refractivity contribution < 1.29 is 0 Å². The Morgan fingerprint density at radius 2 is 2.12 bits per heavy atom. The van der Waals surface area contributed by atoms with Gasteiger partial charge in [-0.15, -0.1) is 0 Å². The molecule has 0 spiro atoms. The van der Waals surface area contributed by atoms with Gasteiger partial charge in [-0.05, 0) is 24.4 Å². The third-order valence-corrected chi connectivity index (χ3v) is 3.89. The predicted octanol–water partition coefficient (Wildman–Crippen LogP) is 3.36. The van der Waals surface area contributed by atoms with Gasteiger partial charge in [0.25, 0.3) is 0 Å². The molecule has 3 rings (SSSR count). The summed E-state index contributed by atoms with van der Waals surface area (Å²) in [5.41, 5.74) is 1.09. The zero-order valence-corrected chi connectivity index (χ0v) is 10.2. The lowest BCUT2D eigenvalue weighted by atomic mass is 10.3. The van der Waals surface area contributed by atoms with Crippen LogP contribution < -0.4 is 5.32 Å². The van der Waals surface area contributed by atoms with E-state index in [1.807, 2.05) is 36.0 Å². The minimum Gasteiger partial charge on any atom is -0.338 e. The number of para-hydroxylation sites is 1. The number of rotatable bonds is 0. The van der Waals surface area contributed by atoms with Crippen LogP contribution >= 0.6 is 24.0 Å². The molecule has 0 amide bonds. The van der Waals surface area contributed by atoms with E-state index in [0.29, 0.717) is 4.77 Å². The van der Waals surface area contributed by atoms with Gasteiger partial charge in [-0.3, -0.25) is 0 Å². The highest BCUT2D eigenvalue weighted by molar-refractivity contribution is 7.99. The standard InChI is InChI=1S/C11H9N3S2/c1-14-6-9-10(13-11(14)15)12-7-4-2-3-5-8(7)16-9/h2-6H,1H3,(H,12,13,15). The summed E-state index contributed by atoms with van der Waals surface area (Å²) in [6, 6.07) is 8.18. The molecule has 3 nitrogen and oxygen atoms in total. The van der Waals surface area contributed by atoms with Gasteiger partial charge in [0, 0.05) is 18.1 Å². The van der Waals surface area contributed by atoms with E-state index < -0.39 is 0 Å². The van der Waals surface area contributed by atoms with Crippen molar-refractivity contribution in [1.29, 1.82) is 0 Å². The average Bonchev–Trinajstić information content (AvgIpc) is 2.28. The second kappa shape index (κ2) is 3.61. The fraction of sp³-hybridized carbons (Fsp3) is 0.0909. The summed E-state index contributed by atoms with van der Waals surface area (Å²) in [5, 5.41) is 3.30. The largest absolute Gasteiger partial charge is 0.338 e. The number of nitrogens with zero attached hydrogens (tertiary/aromatic N) is 2. The summed E-state index contributed by atoms with van der Waals surface area (Å²) in [5.74, 6) is 0.854. The Labute approximate surface area is 103 Å². The van der Waals surface area contributed by atoms with Crippen LogP contribution in [0.15, 0.2) is 40.3 Å². The smallest absolute Gasteiger partial charge is 0.201 e. The highest BCUT2D eigenvalue weighted by Crippen LogP contribution is 2.42. The van der Waals surface area contributed by atoms with Crippen molar-refractivity contribution >= 4 is 35.5 Å². The third-order valence-electron chi connectivity index (χ3n) is 2.41. The van der Waals surface area contributed by atoms with E-state index in [0.717, 1.165) is 16.4 Å². The molecule has 0 aliphatic carbocycles. The Hall–Kier alpha value is -1.33. The maximum atomic E-state index is 5.14. The Morgan fingerprint density at radius 1 is 1.31 bits per heavy atom. The molecule has 0 fully saturated rings.